The highest BCUT2D eigenvalue weighted by atomic mass is 79.9. The molecule has 2 aromatic rings. The van der Waals surface area contributed by atoms with Crippen LogP contribution in [0.3, 0.4) is 0 Å². The van der Waals surface area contributed by atoms with Gasteiger partial charge in [0.25, 0.3) is 0 Å². The first kappa shape index (κ1) is 20.2. The van der Waals surface area contributed by atoms with Crippen LogP contribution in [-0.4, -0.2) is 38.2 Å². The van der Waals surface area contributed by atoms with E-state index in [2.05, 4.69) is 64.0 Å². The number of halogens is 1. The van der Waals surface area contributed by atoms with Crippen LogP contribution < -0.4 is 9.64 Å². The minimum Gasteiger partial charge on any atom is -0.493 e. The van der Waals surface area contributed by atoms with Gasteiger partial charge in [-0.15, -0.1) is 0 Å². The van der Waals surface area contributed by atoms with E-state index >= 15 is 0 Å². The highest BCUT2D eigenvalue weighted by molar-refractivity contribution is 9.10. The van der Waals surface area contributed by atoms with E-state index in [-0.39, 0.29) is 0 Å². The second-order valence-electron chi connectivity index (χ2n) is 7.58. The Morgan fingerprint density at radius 3 is 2.52 bits per heavy atom. The van der Waals surface area contributed by atoms with Crippen LogP contribution in [0.1, 0.15) is 31.7 Å². The van der Waals surface area contributed by atoms with Crippen LogP contribution >= 0.6 is 15.9 Å². The Balaban J connectivity index is 1.41. The molecule has 1 heterocycles. The first-order valence-corrected chi connectivity index (χ1v) is 10.8. The van der Waals surface area contributed by atoms with Gasteiger partial charge in [-0.2, -0.15) is 0 Å². The van der Waals surface area contributed by atoms with Gasteiger partial charge in [-0.05, 0) is 74.2 Å². The average molecular weight is 431 g/mol. The SMILES string of the molecule is CCCN(C)c1ccc(CN2CCC(COc3cccc(Br)c3)CC2)cc1. The Bertz CT molecular complexity index is 696. The summed E-state index contributed by atoms with van der Waals surface area (Å²) in [6, 6.07) is 17.2. The lowest BCUT2D eigenvalue weighted by Crippen LogP contribution is -2.35. The van der Waals surface area contributed by atoms with Crippen LogP contribution in [0.2, 0.25) is 0 Å². The van der Waals surface area contributed by atoms with Crippen molar-refractivity contribution in [3.8, 4) is 5.75 Å². The molecular weight excluding hydrogens is 400 g/mol. The topological polar surface area (TPSA) is 15.7 Å². The number of piperidine rings is 1. The number of likely N-dealkylation sites (tertiary alicyclic amines) is 1. The fourth-order valence-electron chi connectivity index (χ4n) is 3.66. The summed E-state index contributed by atoms with van der Waals surface area (Å²) in [6.07, 6.45) is 3.61. The van der Waals surface area contributed by atoms with Crippen molar-refractivity contribution in [3.05, 3.63) is 58.6 Å². The van der Waals surface area contributed by atoms with Crippen molar-refractivity contribution >= 4 is 21.6 Å². The molecule has 3 nitrogen and oxygen atoms in total. The summed E-state index contributed by atoms with van der Waals surface area (Å²) in [6.45, 7) is 7.51. The Labute approximate surface area is 172 Å². The predicted molar refractivity (Wildman–Crippen MR) is 118 cm³/mol. The van der Waals surface area contributed by atoms with Crippen LogP contribution in [0.5, 0.6) is 5.75 Å². The Hall–Kier alpha value is -1.52. The molecule has 27 heavy (non-hydrogen) atoms. The summed E-state index contributed by atoms with van der Waals surface area (Å²) < 4.78 is 7.05. The molecule has 1 aliphatic rings. The number of hydrogen-bond donors (Lipinski definition) is 0. The van der Waals surface area contributed by atoms with E-state index in [4.69, 9.17) is 4.74 Å². The minimum absolute atomic E-state index is 0.658. The molecule has 4 heteroatoms. The minimum atomic E-state index is 0.658. The first-order chi connectivity index (χ1) is 13.1. The summed E-state index contributed by atoms with van der Waals surface area (Å²) in [5.41, 5.74) is 2.72. The maximum absolute atomic E-state index is 5.98. The van der Waals surface area contributed by atoms with Gasteiger partial charge in [0.05, 0.1) is 6.61 Å². The summed E-state index contributed by atoms with van der Waals surface area (Å²) in [5, 5.41) is 0. The van der Waals surface area contributed by atoms with E-state index in [1.807, 2.05) is 24.3 Å². The molecule has 0 saturated carbocycles. The van der Waals surface area contributed by atoms with Crippen LogP contribution in [0.15, 0.2) is 53.0 Å². The lowest BCUT2D eigenvalue weighted by Gasteiger charge is -2.32. The van der Waals surface area contributed by atoms with E-state index < -0.39 is 0 Å². The summed E-state index contributed by atoms with van der Waals surface area (Å²) in [5.74, 6) is 1.62. The molecule has 1 saturated heterocycles. The third-order valence-corrected chi connectivity index (χ3v) is 5.82. The predicted octanol–water partition coefficient (Wildman–Crippen LogP) is 5.59. The van der Waals surface area contributed by atoms with Crippen molar-refractivity contribution in [2.75, 3.05) is 38.2 Å². The molecule has 3 rings (SSSR count). The van der Waals surface area contributed by atoms with Crippen molar-refractivity contribution in [1.29, 1.82) is 0 Å². The fraction of sp³-hybridized carbons (Fsp3) is 0.478. The highest BCUT2D eigenvalue weighted by Crippen LogP contribution is 2.23. The average Bonchev–Trinajstić information content (AvgIpc) is 2.68. The van der Waals surface area contributed by atoms with Crippen molar-refractivity contribution in [1.82, 2.24) is 4.90 Å². The normalized spacial score (nSPS) is 15.7. The van der Waals surface area contributed by atoms with E-state index in [0.29, 0.717) is 5.92 Å². The molecule has 1 aliphatic heterocycles. The molecule has 0 amide bonds. The zero-order valence-electron chi connectivity index (χ0n) is 16.5. The smallest absolute Gasteiger partial charge is 0.120 e. The van der Waals surface area contributed by atoms with Crippen molar-refractivity contribution in [2.24, 2.45) is 5.92 Å². The maximum Gasteiger partial charge on any atom is 0.120 e. The molecule has 1 fully saturated rings. The molecule has 0 spiro atoms. The van der Waals surface area contributed by atoms with Crippen LogP contribution in [0.4, 0.5) is 5.69 Å². The van der Waals surface area contributed by atoms with Crippen LogP contribution in [-0.2, 0) is 6.54 Å². The monoisotopic (exact) mass is 430 g/mol. The van der Waals surface area contributed by atoms with E-state index in [1.54, 1.807) is 0 Å². The Kier molecular flexibility index (Phi) is 7.59. The number of hydrogen-bond acceptors (Lipinski definition) is 3. The molecule has 0 unspecified atom stereocenters. The maximum atomic E-state index is 5.98. The second-order valence-corrected chi connectivity index (χ2v) is 8.49. The van der Waals surface area contributed by atoms with Crippen LogP contribution in [0, 0.1) is 5.92 Å². The van der Waals surface area contributed by atoms with Gasteiger partial charge in [0.1, 0.15) is 5.75 Å². The number of nitrogens with zero attached hydrogens (tertiary/aromatic N) is 2. The largest absolute Gasteiger partial charge is 0.493 e. The van der Waals surface area contributed by atoms with Gasteiger partial charge in [0.15, 0.2) is 0 Å². The molecular formula is C23H31BrN2O. The molecule has 0 atom stereocenters. The zero-order valence-corrected chi connectivity index (χ0v) is 18.1. The van der Waals surface area contributed by atoms with Gasteiger partial charge < -0.3 is 9.64 Å². The number of ether oxygens (including phenoxy) is 1. The number of rotatable bonds is 8. The van der Waals surface area contributed by atoms with Crippen LogP contribution in [0.25, 0.3) is 0 Å². The quantitative estimate of drug-likeness (QED) is 0.542. The molecule has 146 valence electrons. The van der Waals surface area contributed by atoms with Gasteiger partial charge in [-0.25, -0.2) is 0 Å². The van der Waals surface area contributed by atoms with Crippen molar-refractivity contribution < 1.29 is 4.74 Å². The lowest BCUT2D eigenvalue weighted by atomic mass is 9.97. The molecule has 0 N–H and O–H groups in total. The Morgan fingerprint density at radius 2 is 1.85 bits per heavy atom. The third kappa shape index (κ3) is 6.25. The first-order valence-electron chi connectivity index (χ1n) is 10.0. The molecule has 0 radical (unpaired) electrons. The molecule has 0 aliphatic carbocycles. The fourth-order valence-corrected chi connectivity index (χ4v) is 4.04. The molecule has 0 aromatic heterocycles. The lowest BCUT2D eigenvalue weighted by molar-refractivity contribution is 0.136. The Morgan fingerprint density at radius 1 is 1.11 bits per heavy atom. The summed E-state index contributed by atoms with van der Waals surface area (Å²) in [4.78, 5) is 4.89. The van der Waals surface area contributed by atoms with E-state index in [9.17, 15) is 0 Å². The van der Waals surface area contributed by atoms with Gasteiger partial charge in [-0.1, -0.05) is 41.1 Å². The summed E-state index contributed by atoms with van der Waals surface area (Å²) in [7, 11) is 2.17. The van der Waals surface area contributed by atoms with Gasteiger partial charge in [0.2, 0.25) is 0 Å². The second kappa shape index (κ2) is 10.1. The van der Waals surface area contributed by atoms with Crippen molar-refractivity contribution in [3.63, 3.8) is 0 Å². The highest BCUT2D eigenvalue weighted by Gasteiger charge is 2.20. The summed E-state index contributed by atoms with van der Waals surface area (Å²) >= 11 is 3.50. The standard InChI is InChI=1S/C23H31BrN2O/c1-3-13-25(2)22-9-7-19(8-10-22)17-26-14-11-20(12-15-26)18-27-23-6-4-5-21(24)16-23/h4-10,16,20H,3,11-15,17-18H2,1-2H3. The number of anilines is 1. The van der Waals surface area contributed by atoms with E-state index in [0.717, 1.165) is 43.0 Å². The van der Waals surface area contributed by atoms with Gasteiger partial charge in [0, 0.05) is 30.3 Å². The van der Waals surface area contributed by atoms with Gasteiger partial charge in [-0.3, -0.25) is 4.90 Å². The van der Waals surface area contributed by atoms with Crippen molar-refractivity contribution in [2.45, 2.75) is 32.7 Å². The number of benzene rings is 2. The zero-order chi connectivity index (χ0) is 19.1. The molecule has 0 bridgehead atoms. The molecule has 2 aromatic carbocycles. The third-order valence-electron chi connectivity index (χ3n) is 5.33. The van der Waals surface area contributed by atoms with E-state index in [1.165, 1.54) is 30.5 Å². The van der Waals surface area contributed by atoms with Gasteiger partial charge >= 0.3 is 0 Å².